The van der Waals surface area contributed by atoms with E-state index in [-0.39, 0.29) is 0 Å². The molecular formula is C53H33N3. The van der Waals surface area contributed by atoms with Gasteiger partial charge in [0.05, 0.1) is 0 Å². The normalized spacial score (nSPS) is 11.6. The predicted molar refractivity (Wildman–Crippen MR) is 235 cm³/mol. The van der Waals surface area contributed by atoms with Crippen molar-refractivity contribution in [3.63, 3.8) is 0 Å². The number of nitrogens with zero attached hydrogens (tertiary/aromatic N) is 3. The van der Waals surface area contributed by atoms with Gasteiger partial charge in [-0.3, -0.25) is 0 Å². The molecule has 0 aliphatic heterocycles. The van der Waals surface area contributed by atoms with Crippen molar-refractivity contribution >= 4 is 53.9 Å². The number of rotatable bonds is 5. The summed E-state index contributed by atoms with van der Waals surface area (Å²) in [5.74, 6) is 1.93. The Morgan fingerprint density at radius 1 is 0.196 bits per heavy atom. The number of hydrogen-bond acceptors (Lipinski definition) is 3. The molecule has 0 aliphatic rings. The molecule has 0 radical (unpaired) electrons. The van der Waals surface area contributed by atoms with E-state index in [9.17, 15) is 0 Å². The predicted octanol–water partition coefficient (Wildman–Crippen LogP) is 14.0. The Hall–Kier alpha value is -7.49. The van der Waals surface area contributed by atoms with Crippen LogP contribution in [0.1, 0.15) is 0 Å². The smallest absolute Gasteiger partial charge is 0.165 e. The maximum atomic E-state index is 5.26. The summed E-state index contributed by atoms with van der Waals surface area (Å²) >= 11 is 0. The summed E-state index contributed by atoms with van der Waals surface area (Å²) in [5.41, 5.74) is 7.44. The molecule has 260 valence electrons. The van der Waals surface area contributed by atoms with Crippen LogP contribution in [0, 0.1) is 0 Å². The highest BCUT2D eigenvalue weighted by molar-refractivity contribution is 6.26. The lowest BCUT2D eigenvalue weighted by atomic mass is 9.87. The van der Waals surface area contributed by atoms with Gasteiger partial charge in [0.25, 0.3) is 0 Å². The summed E-state index contributed by atoms with van der Waals surface area (Å²) in [6.45, 7) is 0. The SMILES string of the molecule is c1ccc(-c2nc(-c3ccccc3)nc(-c3c(-c4ccc(-c5ccc6c7ccccc7c7ccccc7c6c5)cc4)c4ccccc4c4ccccc34)n2)cc1. The van der Waals surface area contributed by atoms with E-state index in [1.807, 2.05) is 36.4 Å². The molecule has 0 bridgehead atoms. The van der Waals surface area contributed by atoms with Gasteiger partial charge in [-0.25, -0.2) is 15.0 Å². The highest BCUT2D eigenvalue weighted by Crippen LogP contribution is 2.45. The van der Waals surface area contributed by atoms with Crippen LogP contribution >= 0.6 is 0 Å². The Bertz CT molecular complexity index is 3190. The lowest BCUT2D eigenvalue weighted by molar-refractivity contribution is 1.08. The van der Waals surface area contributed by atoms with E-state index in [0.717, 1.165) is 49.5 Å². The summed E-state index contributed by atoms with van der Waals surface area (Å²) < 4.78 is 0. The molecule has 0 amide bonds. The van der Waals surface area contributed by atoms with Gasteiger partial charge in [-0.2, -0.15) is 0 Å². The molecule has 10 aromatic carbocycles. The largest absolute Gasteiger partial charge is 0.208 e. The van der Waals surface area contributed by atoms with Crippen LogP contribution in [0.3, 0.4) is 0 Å². The van der Waals surface area contributed by atoms with E-state index < -0.39 is 0 Å². The summed E-state index contributed by atoms with van der Waals surface area (Å²) in [6.07, 6.45) is 0. The molecule has 0 saturated carbocycles. The lowest BCUT2D eigenvalue weighted by Crippen LogP contribution is -2.02. The Kier molecular flexibility index (Phi) is 7.49. The Balaban J connectivity index is 1.14. The first-order chi connectivity index (χ1) is 27.8. The maximum absolute atomic E-state index is 5.26. The first-order valence-electron chi connectivity index (χ1n) is 19.0. The summed E-state index contributed by atoms with van der Waals surface area (Å²) in [7, 11) is 0. The molecule has 3 nitrogen and oxygen atoms in total. The molecule has 56 heavy (non-hydrogen) atoms. The van der Waals surface area contributed by atoms with Crippen molar-refractivity contribution in [2.75, 3.05) is 0 Å². The second-order valence-corrected chi connectivity index (χ2v) is 14.3. The number of aromatic nitrogens is 3. The van der Waals surface area contributed by atoms with Crippen molar-refractivity contribution < 1.29 is 0 Å². The van der Waals surface area contributed by atoms with Gasteiger partial charge < -0.3 is 0 Å². The average molecular weight is 712 g/mol. The molecule has 3 heteroatoms. The molecule has 0 aliphatic carbocycles. The van der Waals surface area contributed by atoms with Gasteiger partial charge in [-0.1, -0.05) is 194 Å². The van der Waals surface area contributed by atoms with Crippen molar-refractivity contribution in [2.24, 2.45) is 0 Å². The third-order valence-corrected chi connectivity index (χ3v) is 11.1. The second kappa shape index (κ2) is 13.1. The molecule has 0 saturated heterocycles. The Morgan fingerprint density at radius 2 is 0.536 bits per heavy atom. The van der Waals surface area contributed by atoms with E-state index in [0.29, 0.717) is 17.5 Å². The van der Waals surface area contributed by atoms with Crippen LogP contribution < -0.4 is 0 Å². The monoisotopic (exact) mass is 711 g/mol. The Morgan fingerprint density at radius 3 is 1.04 bits per heavy atom. The zero-order valence-corrected chi connectivity index (χ0v) is 30.4. The topological polar surface area (TPSA) is 38.7 Å². The molecule has 0 spiro atoms. The average Bonchev–Trinajstić information content (AvgIpc) is 3.29. The van der Waals surface area contributed by atoms with Crippen LogP contribution in [0.2, 0.25) is 0 Å². The van der Waals surface area contributed by atoms with Crippen molar-refractivity contribution in [2.45, 2.75) is 0 Å². The molecule has 1 aromatic heterocycles. The third-order valence-electron chi connectivity index (χ3n) is 11.1. The zero-order valence-electron chi connectivity index (χ0n) is 30.4. The number of fused-ring (bicyclic) bond motifs is 9. The minimum Gasteiger partial charge on any atom is -0.208 e. The minimum atomic E-state index is 0.643. The molecule has 1 heterocycles. The van der Waals surface area contributed by atoms with Crippen LogP contribution in [0.5, 0.6) is 0 Å². The Labute approximate surface area is 324 Å². The molecule has 0 atom stereocenters. The zero-order chi connectivity index (χ0) is 37.0. The summed E-state index contributed by atoms with van der Waals surface area (Å²) in [6, 6.07) is 71.1. The molecule has 11 rings (SSSR count). The molecular weight excluding hydrogens is 679 g/mol. The van der Waals surface area contributed by atoms with Crippen LogP contribution in [0.4, 0.5) is 0 Å². The minimum absolute atomic E-state index is 0.643. The van der Waals surface area contributed by atoms with Gasteiger partial charge >= 0.3 is 0 Å². The van der Waals surface area contributed by atoms with Crippen molar-refractivity contribution in [1.29, 1.82) is 0 Å². The van der Waals surface area contributed by atoms with Crippen LogP contribution in [-0.2, 0) is 0 Å². The number of benzene rings is 10. The molecule has 0 fully saturated rings. The molecule has 11 aromatic rings. The van der Waals surface area contributed by atoms with E-state index in [2.05, 4.69) is 164 Å². The molecule has 0 unspecified atom stereocenters. The fraction of sp³-hybridized carbons (Fsp3) is 0. The first-order valence-corrected chi connectivity index (χ1v) is 19.0. The van der Waals surface area contributed by atoms with Crippen molar-refractivity contribution in [1.82, 2.24) is 15.0 Å². The third kappa shape index (κ3) is 5.25. The van der Waals surface area contributed by atoms with E-state index >= 15 is 0 Å². The van der Waals surface area contributed by atoms with Gasteiger partial charge in [0.2, 0.25) is 0 Å². The van der Waals surface area contributed by atoms with E-state index in [4.69, 9.17) is 15.0 Å². The maximum Gasteiger partial charge on any atom is 0.165 e. The van der Waals surface area contributed by atoms with Gasteiger partial charge in [0.1, 0.15) is 0 Å². The number of hydrogen-bond donors (Lipinski definition) is 0. The van der Waals surface area contributed by atoms with Crippen LogP contribution in [-0.4, -0.2) is 15.0 Å². The van der Waals surface area contributed by atoms with Gasteiger partial charge in [-0.05, 0) is 76.6 Å². The first kappa shape index (κ1) is 32.0. The summed E-state index contributed by atoms with van der Waals surface area (Å²) in [4.78, 5) is 15.5. The van der Waals surface area contributed by atoms with E-state index in [1.54, 1.807) is 0 Å². The van der Waals surface area contributed by atoms with Gasteiger partial charge in [0.15, 0.2) is 17.5 Å². The van der Waals surface area contributed by atoms with Gasteiger partial charge in [0, 0.05) is 22.3 Å². The van der Waals surface area contributed by atoms with E-state index in [1.165, 1.54) is 43.3 Å². The highest BCUT2D eigenvalue weighted by atomic mass is 15.0. The summed E-state index contributed by atoms with van der Waals surface area (Å²) in [5, 5.41) is 12.3. The fourth-order valence-corrected chi connectivity index (χ4v) is 8.51. The van der Waals surface area contributed by atoms with Crippen LogP contribution in [0.25, 0.3) is 110 Å². The van der Waals surface area contributed by atoms with Gasteiger partial charge in [-0.15, -0.1) is 0 Å². The molecule has 0 N–H and O–H groups in total. The highest BCUT2D eigenvalue weighted by Gasteiger charge is 2.22. The lowest BCUT2D eigenvalue weighted by Gasteiger charge is -2.18. The van der Waals surface area contributed by atoms with Crippen LogP contribution in [0.15, 0.2) is 200 Å². The fourth-order valence-electron chi connectivity index (χ4n) is 8.51. The standard InChI is InChI=1S/C53H33N3/c1-3-15-36(16-4-1)51-54-52(37-17-5-2-6-18-37)56-53(55-51)50-47-26-14-12-23-43(47)42-22-11-13-25-46(42)49(50)35-29-27-34(28-30-35)38-31-32-45-41-21-8-7-19-39(41)40-20-9-10-24-44(40)48(45)33-38/h1-33H. The second-order valence-electron chi connectivity index (χ2n) is 14.3. The van der Waals surface area contributed by atoms with Crippen molar-refractivity contribution in [3.8, 4) is 56.4 Å². The quantitative estimate of drug-likeness (QED) is 0.167. The van der Waals surface area contributed by atoms with Crippen molar-refractivity contribution in [3.05, 3.63) is 200 Å².